The van der Waals surface area contributed by atoms with Crippen LogP contribution in [-0.4, -0.2) is 6.54 Å². The van der Waals surface area contributed by atoms with Gasteiger partial charge in [0.1, 0.15) is 0 Å². The minimum absolute atomic E-state index is 0.387. The number of hydrogen-bond donors (Lipinski definition) is 1. The molecule has 0 aromatic heterocycles. The summed E-state index contributed by atoms with van der Waals surface area (Å²) in [5.41, 5.74) is 9.90. The average Bonchev–Trinajstić information content (AvgIpc) is 2.46. The molecule has 2 aromatic carbocycles. The van der Waals surface area contributed by atoms with E-state index in [4.69, 9.17) is 5.73 Å². The lowest BCUT2D eigenvalue weighted by Gasteiger charge is -2.20. The summed E-state index contributed by atoms with van der Waals surface area (Å²) >= 11 is 3.48. The first-order valence-corrected chi connectivity index (χ1v) is 7.47. The summed E-state index contributed by atoms with van der Waals surface area (Å²) in [6.45, 7) is 5.13. The predicted octanol–water partition coefficient (Wildman–Crippen LogP) is 4.66. The lowest BCUT2D eigenvalue weighted by molar-refractivity contribution is 0.749. The van der Waals surface area contributed by atoms with Crippen LogP contribution < -0.4 is 5.73 Å². The van der Waals surface area contributed by atoms with Crippen molar-refractivity contribution in [3.63, 3.8) is 0 Å². The van der Waals surface area contributed by atoms with Gasteiger partial charge in [-0.25, -0.2) is 0 Å². The van der Waals surface area contributed by atoms with Crippen molar-refractivity contribution in [2.45, 2.75) is 25.7 Å². The molecule has 0 aliphatic rings. The van der Waals surface area contributed by atoms with Gasteiger partial charge in [-0.3, -0.25) is 0 Å². The third kappa shape index (κ3) is 3.26. The van der Waals surface area contributed by atoms with Gasteiger partial charge in [0.2, 0.25) is 0 Å². The van der Waals surface area contributed by atoms with Gasteiger partial charge in [0, 0.05) is 10.4 Å². The highest BCUT2D eigenvalue weighted by atomic mass is 79.9. The Morgan fingerprint density at radius 3 is 2.11 bits per heavy atom. The second-order valence-electron chi connectivity index (χ2n) is 5.04. The molecule has 1 nitrogen and oxygen atoms in total. The van der Waals surface area contributed by atoms with Crippen LogP contribution in [0.5, 0.6) is 0 Å². The van der Waals surface area contributed by atoms with Crippen LogP contribution in [0.4, 0.5) is 0 Å². The van der Waals surface area contributed by atoms with Crippen molar-refractivity contribution in [1.29, 1.82) is 0 Å². The molecule has 2 heteroatoms. The molecule has 19 heavy (non-hydrogen) atoms. The van der Waals surface area contributed by atoms with Gasteiger partial charge in [-0.1, -0.05) is 66.2 Å². The van der Waals surface area contributed by atoms with E-state index in [1.165, 1.54) is 16.7 Å². The average molecular weight is 318 g/mol. The molecule has 0 radical (unpaired) electrons. The smallest absolute Gasteiger partial charge is 0.0175 e. The van der Waals surface area contributed by atoms with Gasteiger partial charge >= 0.3 is 0 Å². The van der Waals surface area contributed by atoms with E-state index in [2.05, 4.69) is 78.3 Å². The zero-order valence-corrected chi connectivity index (χ0v) is 13.0. The molecular formula is C17H20BrN. The van der Waals surface area contributed by atoms with Crippen LogP contribution in [0.2, 0.25) is 0 Å². The Morgan fingerprint density at radius 1 is 0.947 bits per heavy atom. The second kappa shape index (κ2) is 6.36. The third-order valence-corrected chi connectivity index (χ3v) is 4.25. The quantitative estimate of drug-likeness (QED) is 0.871. The van der Waals surface area contributed by atoms with Crippen molar-refractivity contribution >= 4 is 15.9 Å². The van der Waals surface area contributed by atoms with Gasteiger partial charge in [0.25, 0.3) is 0 Å². The number of benzene rings is 2. The lowest BCUT2D eigenvalue weighted by atomic mass is 9.85. The van der Waals surface area contributed by atoms with Gasteiger partial charge in [0.15, 0.2) is 0 Å². The highest BCUT2D eigenvalue weighted by molar-refractivity contribution is 9.10. The summed E-state index contributed by atoms with van der Waals surface area (Å²) in [6.07, 6.45) is 0. The molecule has 2 aromatic rings. The summed E-state index contributed by atoms with van der Waals surface area (Å²) in [6, 6.07) is 17.2. The fraction of sp³-hybridized carbons (Fsp3) is 0.294. The number of nitrogens with two attached hydrogens (primary N) is 1. The number of halogens is 1. The molecule has 0 saturated carbocycles. The van der Waals surface area contributed by atoms with Crippen molar-refractivity contribution in [3.8, 4) is 0 Å². The van der Waals surface area contributed by atoms with Crippen LogP contribution in [0.1, 0.15) is 42.4 Å². The first-order valence-electron chi connectivity index (χ1n) is 6.67. The maximum absolute atomic E-state index is 5.83. The molecule has 0 fully saturated rings. The largest absolute Gasteiger partial charge is 0.330 e. The Balaban J connectivity index is 2.38. The zero-order chi connectivity index (χ0) is 13.8. The maximum Gasteiger partial charge on any atom is 0.0175 e. The summed E-state index contributed by atoms with van der Waals surface area (Å²) in [5.74, 6) is 0.785. The molecule has 0 bridgehead atoms. The van der Waals surface area contributed by atoms with Crippen LogP contribution in [-0.2, 0) is 0 Å². The summed E-state index contributed by atoms with van der Waals surface area (Å²) in [7, 11) is 0. The van der Waals surface area contributed by atoms with Crippen molar-refractivity contribution in [2.24, 2.45) is 5.73 Å². The molecule has 2 N–H and O–H groups in total. The molecule has 100 valence electrons. The summed E-state index contributed by atoms with van der Waals surface area (Å²) < 4.78 is 1.12. The van der Waals surface area contributed by atoms with Crippen molar-refractivity contribution in [1.82, 2.24) is 0 Å². The number of hydrogen-bond acceptors (Lipinski definition) is 1. The molecular weight excluding hydrogens is 298 g/mol. The van der Waals surface area contributed by atoms with E-state index in [0.29, 0.717) is 18.4 Å². The zero-order valence-electron chi connectivity index (χ0n) is 11.4. The Kier molecular flexibility index (Phi) is 4.78. The van der Waals surface area contributed by atoms with Crippen LogP contribution in [0.3, 0.4) is 0 Å². The normalized spacial score (nSPS) is 14.1. The monoisotopic (exact) mass is 317 g/mol. The SMILES string of the molecule is CC(CN)c1ccccc1C(C)c1ccc(Br)cc1. The van der Waals surface area contributed by atoms with E-state index in [0.717, 1.165) is 4.47 Å². The second-order valence-corrected chi connectivity index (χ2v) is 5.95. The molecule has 2 unspecified atom stereocenters. The topological polar surface area (TPSA) is 26.0 Å². The molecule has 0 aliphatic heterocycles. The minimum Gasteiger partial charge on any atom is -0.330 e. The summed E-state index contributed by atoms with van der Waals surface area (Å²) in [5, 5.41) is 0. The van der Waals surface area contributed by atoms with Crippen LogP contribution in [0.25, 0.3) is 0 Å². The standard InChI is InChI=1S/C17H20BrN/c1-12(11-19)16-5-3-4-6-17(16)13(2)14-7-9-15(18)10-8-14/h3-10,12-13H,11,19H2,1-2H3. The highest BCUT2D eigenvalue weighted by Gasteiger charge is 2.15. The van der Waals surface area contributed by atoms with E-state index in [1.807, 2.05) is 0 Å². The molecule has 0 saturated heterocycles. The van der Waals surface area contributed by atoms with Gasteiger partial charge in [-0.2, -0.15) is 0 Å². The minimum atomic E-state index is 0.387. The van der Waals surface area contributed by atoms with Gasteiger partial charge in [0.05, 0.1) is 0 Å². The molecule has 0 heterocycles. The first kappa shape index (κ1) is 14.3. The van der Waals surface area contributed by atoms with Crippen molar-refractivity contribution in [2.75, 3.05) is 6.54 Å². The van der Waals surface area contributed by atoms with E-state index < -0.39 is 0 Å². The molecule has 0 spiro atoms. The Bertz CT molecular complexity index is 533. The maximum atomic E-state index is 5.83. The third-order valence-electron chi connectivity index (χ3n) is 3.72. The van der Waals surface area contributed by atoms with Gasteiger partial charge in [-0.15, -0.1) is 0 Å². The van der Waals surface area contributed by atoms with Crippen LogP contribution in [0.15, 0.2) is 53.0 Å². The van der Waals surface area contributed by atoms with E-state index in [9.17, 15) is 0 Å². The van der Waals surface area contributed by atoms with Crippen molar-refractivity contribution < 1.29 is 0 Å². The lowest BCUT2D eigenvalue weighted by Crippen LogP contribution is -2.12. The molecule has 2 atom stereocenters. The molecule has 0 aliphatic carbocycles. The fourth-order valence-corrected chi connectivity index (χ4v) is 2.68. The predicted molar refractivity (Wildman–Crippen MR) is 85.6 cm³/mol. The molecule has 0 amide bonds. The van der Waals surface area contributed by atoms with E-state index >= 15 is 0 Å². The van der Waals surface area contributed by atoms with Gasteiger partial charge in [-0.05, 0) is 41.3 Å². The van der Waals surface area contributed by atoms with Crippen LogP contribution in [0, 0.1) is 0 Å². The van der Waals surface area contributed by atoms with Gasteiger partial charge < -0.3 is 5.73 Å². The Hall–Kier alpha value is -1.12. The Labute approximate surface area is 124 Å². The molecule has 2 rings (SSSR count). The first-order chi connectivity index (χ1) is 9.13. The Morgan fingerprint density at radius 2 is 1.53 bits per heavy atom. The summed E-state index contributed by atoms with van der Waals surface area (Å²) in [4.78, 5) is 0. The van der Waals surface area contributed by atoms with Crippen molar-refractivity contribution in [3.05, 3.63) is 69.7 Å². The highest BCUT2D eigenvalue weighted by Crippen LogP contribution is 2.31. The fourth-order valence-electron chi connectivity index (χ4n) is 2.41. The van der Waals surface area contributed by atoms with Crippen LogP contribution >= 0.6 is 15.9 Å². The van der Waals surface area contributed by atoms with E-state index in [-0.39, 0.29) is 0 Å². The number of rotatable bonds is 4. The van der Waals surface area contributed by atoms with E-state index in [1.54, 1.807) is 0 Å².